The number of fused-ring (bicyclic) bond motifs is 2. The van der Waals surface area contributed by atoms with Crippen LogP contribution < -0.4 is 0 Å². The van der Waals surface area contributed by atoms with E-state index in [-0.39, 0.29) is 63.3 Å². The van der Waals surface area contributed by atoms with E-state index in [1.54, 1.807) is 32.0 Å². The minimum atomic E-state index is -2.92. The van der Waals surface area contributed by atoms with E-state index in [2.05, 4.69) is 0 Å². The molecule has 0 amide bonds. The van der Waals surface area contributed by atoms with Crippen molar-refractivity contribution in [1.29, 1.82) is 0 Å². The van der Waals surface area contributed by atoms with Gasteiger partial charge in [0.25, 0.3) is 0 Å². The normalized spacial score (nSPS) is 15.2. The van der Waals surface area contributed by atoms with Gasteiger partial charge in [0.1, 0.15) is 23.2 Å². The number of rotatable bonds is 7. The van der Waals surface area contributed by atoms with E-state index in [1.165, 1.54) is 18.2 Å². The fourth-order valence-corrected chi connectivity index (χ4v) is 6.69. The van der Waals surface area contributed by atoms with E-state index in [1.807, 2.05) is 50.2 Å². The van der Waals surface area contributed by atoms with Crippen LogP contribution in [0, 0.1) is 27.7 Å². The third-order valence-corrected chi connectivity index (χ3v) is 9.21. The highest BCUT2D eigenvalue weighted by atomic mass is 16.5. The number of carbonyl (C=O) groups is 2. The number of aryl methyl sites for hydroxylation is 4. The minimum absolute atomic E-state index is 0.00199. The monoisotopic (exact) mass is 644 g/mol. The first-order valence-electron chi connectivity index (χ1n) is 15.6. The molecule has 0 heterocycles. The van der Waals surface area contributed by atoms with Crippen molar-refractivity contribution in [1.82, 2.24) is 0 Å². The topological polar surface area (TPSA) is 156 Å². The van der Waals surface area contributed by atoms with E-state index in [0.29, 0.717) is 22.1 Å². The molecule has 5 aromatic carbocycles. The predicted octanol–water partition coefficient (Wildman–Crippen LogP) is 6.77. The highest BCUT2D eigenvalue weighted by Crippen LogP contribution is 2.51. The van der Waals surface area contributed by atoms with Crippen LogP contribution in [-0.2, 0) is 17.6 Å². The lowest BCUT2D eigenvalue weighted by atomic mass is 9.75. The van der Waals surface area contributed by atoms with Crippen molar-refractivity contribution in [2.75, 3.05) is 0 Å². The summed E-state index contributed by atoms with van der Waals surface area (Å²) < 4.78 is 0. The second kappa shape index (κ2) is 12.0. The molecule has 0 radical (unpaired) electrons. The average Bonchev–Trinajstić information content (AvgIpc) is 3.02. The third kappa shape index (κ3) is 5.59. The van der Waals surface area contributed by atoms with E-state index < -0.39 is 29.0 Å². The number of aliphatic hydroxyl groups is 3. The van der Waals surface area contributed by atoms with Crippen molar-refractivity contribution in [3.05, 3.63) is 129 Å². The second-order valence-corrected chi connectivity index (χ2v) is 12.8. The van der Waals surface area contributed by atoms with Gasteiger partial charge in [-0.15, -0.1) is 0 Å². The van der Waals surface area contributed by atoms with E-state index in [9.17, 15) is 40.2 Å². The Bertz CT molecular complexity index is 2160. The summed E-state index contributed by atoms with van der Waals surface area (Å²) in [5.41, 5.74) is 5.13. The summed E-state index contributed by atoms with van der Waals surface area (Å²) in [7, 11) is 0. The van der Waals surface area contributed by atoms with Crippen molar-refractivity contribution in [3.8, 4) is 28.4 Å². The lowest BCUT2D eigenvalue weighted by Gasteiger charge is -2.35. The van der Waals surface area contributed by atoms with Gasteiger partial charge in [-0.1, -0.05) is 65.7 Å². The molecule has 1 atom stereocenters. The van der Waals surface area contributed by atoms with Gasteiger partial charge < -0.3 is 30.6 Å². The van der Waals surface area contributed by atoms with E-state index >= 15 is 0 Å². The molecule has 0 saturated carbocycles. The molecule has 8 nitrogen and oxygen atoms in total. The number of Topliss-reactive ketones (excluding diaryl/α,β-unsaturated/α-hetero) is 2. The Balaban J connectivity index is 1.47. The average molecular weight is 645 g/mol. The Hall–Kier alpha value is -5.44. The molecule has 0 saturated heterocycles. The first-order chi connectivity index (χ1) is 22.7. The van der Waals surface area contributed by atoms with Crippen molar-refractivity contribution in [2.45, 2.75) is 52.2 Å². The molecule has 1 unspecified atom stereocenters. The number of carbonyl (C=O) groups excluding carboxylic acids is 2. The number of phenolic OH excluding ortho intramolecular Hbond substituents is 3. The zero-order chi connectivity index (χ0) is 34.7. The van der Waals surface area contributed by atoms with Crippen LogP contribution in [0.15, 0.2) is 78.6 Å². The van der Waals surface area contributed by atoms with Crippen LogP contribution >= 0.6 is 0 Å². The standard InChI is InChI=1S/C40H36O8/c1-20-5-9-24(10-6-20)15-32(42)28-17-26(41)18-30-27(28)13-22(3)35(38(30)45)36-23(4)14-29-31(39(36)46)19-34(44)40(47,48)37(29)33(43)16-25-11-7-21(2)8-12-25/h5-14,17-19,37,41,44-48H,15-16H2,1-4H3. The lowest BCUT2D eigenvalue weighted by Crippen LogP contribution is -2.45. The zero-order valence-electron chi connectivity index (χ0n) is 27.0. The molecule has 5 aromatic rings. The number of ketones is 2. The number of hydrogen-bond donors (Lipinski definition) is 6. The predicted molar refractivity (Wildman–Crippen MR) is 183 cm³/mol. The van der Waals surface area contributed by atoms with Crippen LogP contribution in [0.2, 0.25) is 0 Å². The van der Waals surface area contributed by atoms with Gasteiger partial charge >= 0.3 is 0 Å². The van der Waals surface area contributed by atoms with E-state index in [4.69, 9.17) is 0 Å². The molecule has 0 aromatic heterocycles. The van der Waals surface area contributed by atoms with E-state index in [0.717, 1.165) is 22.8 Å². The number of aliphatic hydroxyl groups excluding tert-OH is 1. The lowest BCUT2D eigenvalue weighted by molar-refractivity contribution is -0.176. The molecule has 0 bridgehead atoms. The molecular weight excluding hydrogens is 608 g/mol. The molecule has 8 heteroatoms. The molecule has 48 heavy (non-hydrogen) atoms. The summed E-state index contributed by atoms with van der Waals surface area (Å²) >= 11 is 0. The molecule has 1 aliphatic carbocycles. The van der Waals surface area contributed by atoms with Crippen molar-refractivity contribution < 1.29 is 40.2 Å². The van der Waals surface area contributed by atoms with Gasteiger partial charge in [-0.2, -0.15) is 0 Å². The van der Waals surface area contributed by atoms with Gasteiger partial charge in [0.15, 0.2) is 17.3 Å². The summed E-state index contributed by atoms with van der Waals surface area (Å²) in [4.78, 5) is 27.1. The van der Waals surface area contributed by atoms with Crippen molar-refractivity contribution >= 4 is 28.4 Å². The quantitative estimate of drug-likeness (QED) is 0.0838. The van der Waals surface area contributed by atoms with Gasteiger partial charge in [-0.05, 0) is 85.2 Å². The molecule has 1 aliphatic rings. The maximum absolute atomic E-state index is 13.6. The number of benzene rings is 5. The maximum Gasteiger partial charge on any atom is 0.236 e. The van der Waals surface area contributed by atoms with Gasteiger partial charge in [0.2, 0.25) is 5.79 Å². The van der Waals surface area contributed by atoms with Crippen LogP contribution in [0.1, 0.15) is 60.8 Å². The van der Waals surface area contributed by atoms with Gasteiger partial charge in [0, 0.05) is 40.5 Å². The fourth-order valence-electron chi connectivity index (χ4n) is 6.69. The number of hydrogen-bond acceptors (Lipinski definition) is 8. The Kier molecular flexibility index (Phi) is 8.11. The Labute approximate surface area is 277 Å². The molecule has 6 N–H and O–H groups in total. The largest absolute Gasteiger partial charge is 0.508 e. The van der Waals surface area contributed by atoms with Gasteiger partial charge in [0.05, 0.1) is 0 Å². The Morgan fingerprint density at radius 2 is 1.21 bits per heavy atom. The second-order valence-electron chi connectivity index (χ2n) is 12.8. The summed E-state index contributed by atoms with van der Waals surface area (Å²) in [6.45, 7) is 7.22. The molecular formula is C40H36O8. The summed E-state index contributed by atoms with van der Waals surface area (Å²) in [6, 6.07) is 20.7. The van der Waals surface area contributed by atoms with Gasteiger partial charge in [-0.25, -0.2) is 0 Å². The summed E-state index contributed by atoms with van der Waals surface area (Å²) in [5, 5.41) is 67.3. The maximum atomic E-state index is 13.6. The van der Waals surface area contributed by atoms with Gasteiger partial charge in [-0.3, -0.25) is 9.59 Å². The molecule has 0 aliphatic heterocycles. The highest BCUT2D eigenvalue weighted by Gasteiger charge is 2.48. The highest BCUT2D eigenvalue weighted by molar-refractivity contribution is 6.12. The summed E-state index contributed by atoms with van der Waals surface area (Å²) in [6.07, 6.45) is 0.938. The Morgan fingerprint density at radius 1 is 0.667 bits per heavy atom. The molecule has 0 spiro atoms. The molecule has 244 valence electrons. The molecule has 6 rings (SSSR count). The van der Waals surface area contributed by atoms with Crippen molar-refractivity contribution in [3.63, 3.8) is 0 Å². The third-order valence-electron chi connectivity index (χ3n) is 9.21. The Morgan fingerprint density at radius 3 is 1.81 bits per heavy atom. The van der Waals surface area contributed by atoms with Crippen LogP contribution in [0.4, 0.5) is 0 Å². The number of phenols is 3. The summed E-state index contributed by atoms with van der Waals surface area (Å²) in [5.74, 6) is -7.21. The van der Waals surface area contributed by atoms with Crippen LogP contribution in [-0.4, -0.2) is 48.0 Å². The van der Waals surface area contributed by atoms with Crippen molar-refractivity contribution in [2.24, 2.45) is 0 Å². The SMILES string of the molecule is Cc1ccc(CC(=O)c2cc(O)cc3c(O)c(-c4c(C)cc5c(c4O)C=C(O)C(O)(O)C5C(=O)Cc4ccc(C)cc4)c(C)cc23)cc1. The number of aromatic hydroxyl groups is 3. The first kappa shape index (κ1) is 32.5. The van der Waals surface area contributed by atoms with Crippen LogP contribution in [0.25, 0.3) is 28.0 Å². The fraction of sp³-hybridized carbons (Fsp3) is 0.200. The van der Waals surface area contributed by atoms with Crippen LogP contribution in [0.5, 0.6) is 17.2 Å². The minimum Gasteiger partial charge on any atom is -0.508 e. The smallest absolute Gasteiger partial charge is 0.236 e. The zero-order valence-corrected chi connectivity index (χ0v) is 27.0. The first-order valence-corrected chi connectivity index (χ1v) is 15.6. The molecule has 0 fully saturated rings. The van der Waals surface area contributed by atoms with Crippen LogP contribution in [0.3, 0.4) is 0 Å².